The molecule has 1 aliphatic carbocycles. The van der Waals surface area contributed by atoms with Crippen LogP contribution in [-0.4, -0.2) is 0 Å². The highest BCUT2D eigenvalue weighted by Gasteiger charge is 2.67. The van der Waals surface area contributed by atoms with Gasteiger partial charge < -0.3 is 0 Å². The lowest BCUT2D eigenvalue weighted by Gasteiger charge is -2.60. The standard InChI is InChI=1S/C56H40/c1-9-25-43(26-10-1)51(44-27-11-2-12-28-44)41-53-55(47-33-17-5-18-34-47,48-35-19-6-20-36-48)54(42-52(45-29-13-3-14-30-45)46-31-15-4-16-32-46)56(53,49-37-21-7-22-38-49)50-39-23-8-24-40-50/h1-40H. The normalized spacial score (nSPS) is 13.8. The third-order valence-corrected chi connectivity index (χ3v) is 11.1. The van der Waals surface area contributed by atoms with Crippen molar-refractivity contribution >= 4 is 11.1 Å². The number of hydrogen-bond donors (Lipinski definition) is 0. The minimum absolute atomic E-state index is 0.766. The van der Waals surface area contributed by atoms with Crippen molar-refractivity contribution in [3.8, 4) is 0 Å². The van der Waals surface area contributed by atoms with Gasteiger partial charge in [-0.2, -0.15) is 0 Å². The van der Waals surface area contributed by atoms with Gasteiger partial charge in [-0.3, -0.25) is 0 Å². The number of benzene rings is 8. The van der Waals surface area contributed by atoms with Crippen LogP contribution < -0.4 is 0 Å². The van der Waals surface area contributed by atoms with E-state index in [1.807, 2.05) is 0 Å². The lowest BCUT2D eigenvalue weighted by Crippen LogP contribution is -2.59. The maximum Gasteiger partial charge on any atom is 0.0802 e. The summed E-state index contributed by atoms with van der Waals surface area (Å²) in [7, 11) is 0. The molecule has 0 aliphatic heterocycles. The molecule has 56 heavy (non-hydrogen) atoms. The number of hydrogen-bond acceptors (Lipinski definition) is 0. The SMILES string of the molecule is C(=C(c1ccccc1)c1ccccc1)=C1C(c2ccccc2)(c2ccccc2)C(=C=C(c2ccccc2)c2ccccc2)C1(c1ccccc1)c1ccccc1. The molecule has 0 aromatic heterocycles. The Kier molecular flexibility index (Phi) is 9.42. The van der Waals surface area contributed by atoms with Crippen LogP contribution in [-0.2, 0) is 10.8 Å². The van der Waals surface area contributed by atoms with E-state index < -0.39 is 10.8 Å². The van der Waals surface area contributed by atoms with Crippen molar-refractivity contribution in [1.29, 1.82) is 0 Å². The second-order valence-corrected chi connectivity index (χ2v) is 14.2. The van der Waals surface area contributed by atoms with Crippen LogP contribution in [0, 0.1) is 0 Å². The average Bonchev–Trinajstić information content (AvgIpc) is 3.29. The highest BCUT2D eigenvalue weighted by Crippen LogP contribution is 2.70. The van der Waals surface area contributed by atoms with Crippen molar-refractivity contribution in [2.45, 2.75) is 10.8 Å². The van der Waals surface area contributed by atoms with Gasteiger partial charge in [-0.15, -0.1) is 11.5 Å². The van der Waals surface area contributed by atoms with Crippen LogP contribution in [0.25, 0.3) is 11.1 Å². The van der Waals surface area contributed by atoms with Crippen molar-refractivity contribution in [1.82, 2.24) is 0 Å². The fourth-order valence-corrected chi connectivity index (χ4v) is 8.66. The molecular weight excluding hydrogens is 673 g/mol. The first-order valence-corrected chi connectivity index (χ1v) is 19.3. The summed E-state index contributed by atoms with van der Waals surface area (Å²) >= 11 is 0. The zero-order chi connectivity index (χ0) is 37.6. The van der Waals surface area contributed by atoms with Gasteiger partial charge in [-0.1, -0.05) is 243 Å². The first kappa shape index (κ1) is 34.6. The molecule has 0 saturated heterocycles. The van der Waals surface area contributed by atoms with Crippen LogP contribution >= 0.6 is 0 Å². The molecule has 0 heterocycles. The molecule has 0 radical (unpaired) electrons. The third-order valence-electron chi connectivity index (χ3n) is 11.1. The van der Waals surface area contributed by atoms with Crippen molar-refractivity contribution in [2.75, 3.05) is 0 Å². The van der Waals surface area contributed by atoms with Gasteiger partial charge in [0.1, 0.15) is 0 Å². The van der Waals surface area contributed by atoms with Gasteiger partial charge in [0.05, 0.1) is 10.8 Å². The van der Waals surface area contributed by atoms with E-state index in [1.54, 1.807) is 0 Å². The predicted octanol–water partition coefficient (Wildman–Crippen LogP) is 13.3. The summed E-state index contributed by atoms with van der Waals surface area (Å²) in [5.74, 6) is 0. The Bertz CT molecular complexity index is 2310. The highest BCUT2D eigenvalue weighted by atomic mass is 14.7. The Morgan fingerprint density at radius 3 is 0.607 bits per heavy atom. The molecule has 0 unspecified atom stereocenters. The van der Waals surface area contributed by atoms with E-state index in [-0.39, 0.29) is 0 Å². The molecule has 264 valence electrons. The molecule has 1 fully saturated rings. The number of allylic oxidation sites excluding steroid dienone is 2. The summed E-state index contributed by atoms with van der Waals surface area (Å²) in [4.78, 5) is 0. The van der Waals surface area contributed by atoms with Gasteiger partial charge in [0.25, 0.3) is 0 Å². The fraction of sp³-hybridized carbons (Fsp3) is 0.0357. The number of rotatable bonds is 8. The van der Waals surface area contributed by atoms with Crippen LogP contribution in [0.1, 0.15) is 44.5 Å². The monoisotopic (exact) mass is 712 g/mol. The van der Waals surface area contributed by atoms with Crippen LogP contribution in [0.3, 0.4) is 0 Å². The molecule has 1 aliphatic rings. The summed E-state index contributed by atoms with van der Waals surface area (Å²) < 4.78 is 0. The van der Waals surface area contributed by atoms with E-state index in [2.05, 4.69) is 254 Å². The van der Waals surface area contributed by atoms with Gasteiger partial charge in [0.15, 0.2) is 0 Å². The van der Waals surface area contributed by atoms with E-state index in [1.165, 1.54) is 22.3 Å². The van der Waals surface area contributed by atoms with Crippen LogP contribution in [0.5, 0.6) is 0 Å². The topological polar surface area (TPSA) is 0 Å². The summed E-state index contributed by atoms with van der Waals surface area (Å²) in [6, 6.07) is 86.9. The molecular formula is C56H40. The van der Waals surface area contributed by atoms with E-state index in [4.69, 9.17) is 0 Å². The van der Waals surface area contributed by atoms with Crippen molar-refractivity contribution in [3.05, 3.63) is 310 Å². The van der Waals surface area contributed by atoms with Gasteiger partial charge in [0, 0.05) is 22.3 Å². The first-order chi connectivity index (χ1) is 27.8. The van der Waals surface area contributed by atoms with Crippen molar-refractivity contribution < 1.29 is 0 Å². The minimum Gasteiger partial charge on any atom is -0.109 e. The smallest absolute Gasteiger partial charge is 0.0802 e. The second kappa shape index (κ2) is 15.3. The molecule has 0 spiro atoms. The van der Waals surface area contributed by atoms with Gasteiger partial charge >= 0.3 is 0 Å². The summed E-state index contributed by atoms with van der Waals surface area (Å²) in [5, 5.41) is 0. The molecule has 0 atom stereocenters. The molecule has 8 aromatic carbocycles. The quantitative estimate of drug-likeness (QED) is 0.138. The van der Waals surface area contributed by atoms with E-state index in [9.17, 15) is 0 Å². The Hall–Kier alpha value is -7.20. The minimum atomic E-state index is -0.766. The lowest BCUT2D eigenvalue weighted by molar-refractivity contribution is 0.429. The molecule has 8 aromatic rings. The second-order valence-electron chi connectivity index (χ2n) is 14.2. The molecule has 0 nitrogen and oxygen atoms in total. The van der Waals surface area contributed by atoms with Gasteiger partial charge in [0.2, 0.25) is 0 Å². The molecule has 0 heteroatoms. The van der Waals surface area contributed by atoms with Crippen LogP contribution in [0.2, 0.25) is 0 Å². The maximum absolute atomic E-state index is 4.31. The third kappa shape index (κ3) is 5.92. The maximum atomic E-state index is 4.31. The summed E-state index contributed by atoms with van der Waals surface area (Å²) in [6.07, 6.45) is 0. The Balaban J connectivity index is 1.60. The largest absolute Gasteiger partial charge is 0.109 e. The Morgan fingerprint density at radius 2 is 0.411 bits per heavy atom. The summed E-state index contributed by atoms with van der Waals surface area (Å²) in [6.45, 7) is 0. The zero-order valence-corrected chi connectivity index (χ0v) is 31.1. The van der Waals surface area contributed by atoms with E-state index in [0.717, 1.165) is 44.5 Å². The van der Waals surface area contributed by atoms with E-state index >= 15 is 0 Å². The average molecular weight is 713 g/mol. The Labute approximate surface area is 330 Å². The van der Waals surface area contributed by atoms with Crippen molar-refractivity contribution in [2.24, 2.45) is 0 Å². The highest BCUT2D eigenvalue weighted by molar-refractivity contribution is 5.88. The van der Waals surface area contributed by atoms with Gasteiger partial charge in [-0.25, -0.2) is 0 Å². The van der Waals surface area contributed by atoms with E-state index in [0.29, 0.717) is 0 Å². The Morgan fingerprint density at radius 1 is 0.232 bits per heavy atom. The molecule has 1 saturated carbocycles. The molecule has 0 amide bonds. The molecule has 9 rings (SSSR count). The van der Waals surface area contributed by atoms with Crippen LogP contribution in [0.15, 0.2) is 265 Å². The fourth-order valence-electron chi connectivity index (χ4n) is 8.66. The lowest BCUT2D eigenvalue weighted by atomic mass is 9.38. The predicted molar refractivity (Wildman–Crippen MR) is 232 cm³/mol. The first-order valence-electron chi connectivity index (χ1n) is 19.3. The zero-order valence-electron chi connectivity index (χ0n) is 31.1. The van der Waals surface area contributed by atoms with Gasteiger partial charge in [-0.05, 0) is 44.5 Å². The molecule has 0 bridgehead atoms. The van der Waals surface area contributed by atoms with Crippen molar-refractivity contribution in [3.63, 3.8) is 0 Å². The summed E-state index contributed by atoms with van der Waals surface area (Å²) in [5.41, 5.74) is 20.6. The molecule has 0 N–H and O–H groups in total. The van der Waals surface area contributed by atoms with Crippen LogP contribution in [0.4, 0.5) is 0 Å².